The van der Waals surface area contributed by atoms with Gasteiger partial charge in [-0.15, -0.1) is 0 Å². The van der Waals surface area contributed by atoms with Gasteiger partial charge >= 0.3 is 5.97 Å². The van der Waals surface area contributed by atoms with Gasteiger partial charge in [0, 0.05) is 5.02 Å². The van der Waals surface area contributed by atoms with Crippen molar-refractivity contribution in [2.45, 2.75) is 24.9 Å². The maximum atomic E-state index is 12.9. The first-order valence-electron chi connectivity index (χ1n) is 9.52. The Balaban J connectivity index is 1.72. The molecule has 1 unspecified atom stereocenters. The molecule has 6 nitrogen and oxygen atoms in total. The molecule has 2 aliphatic heterocycles. The van der Waals surface area contributed by atoms with Crippen LogP contribution < -0.4 is 4.90 Å². The zero-order valence-corrected chi connectivity index (χ0v) is 17.9. The van der Waals surface area contributed by atoms with Gasteiger partial charge in [-0.3, -0.25) is 4.90 Å². The summed E-state index contributed by atoms with van der Waals surface area (Å²) in [5.74, 6) is 0.302. The van der Waals surface area contributed by atoms with Crippen molar-refractivity contribution in [2.24, 2.45) is 4.99 Å². The van der Waals surface area contributed by atoms with Crippen LogP contribution in [0.15, 0.2) is 69.8 Å². The molecule has 2 aromatic carbocycles. The van der Waals surface area contributed by atoms with Gasteiger partial charge in [0.25, 0.3) is 0 Å². The molecule has 3 aromatic rings. The lowest BCUT2D eigenvalue weighted by atomic mass is 9.94. The molecule has 1 aromatic heterocycles. The third-order valence-corrected chi connectivity index (χ3v) is 6.20. The van der Waals surface area contributed by atoms with E-state index in [0.717, 1.165) is 26.8 Å². The van der Waals surface area contributed by atoms with E-state index in [1.807, 2.05) is 60.4 Å². The Morgan fingerprint density at radius 2 is 1.83 bits per heavy atom. The number of ether oxygens (including phenoxy) is 1. The second kappa shape index (κ2) is 7.41. The molecule has 0 saturated carbocycles. The van der Waals surface area contributed by atoms with Crippen molar-refractivity contribution in [1.29, 1.82) is 0 Å². The average Bonchev–Trinajstić information content (AvgIpc) is 3.08. The number of amidine groups is 1. The number of anilines is 1. The van der Waals surface area contributed by atoms with Gasteiger partial charge in [0.05, 0.1) is 35.0 Å². The summed E-state index contributed by atoms with van der Waals surface area (Å²) in [6, 6.07) is 14.8. The van der Waals surface area contributed by atoms with Gasteiger partial charge in [-0.25, -0.2) is 19.8 Å². The number of para-hydroxylation sites is 2. The monoisotopic (exact) mass is 436 g/mol. The summed E-state index contributed by atoms with van der Waals surface area (Å²) in [5.41, 5.74) is 3.63. The van der Waals surface area contributed by atoms with Crippen LogP contribution in [-0.2, 0) is 9.53 Å². The van der Waals surface area contributed by atoms with Gasteiger partial charge in [-0.2, -0.15) is 0 Å². The van der Waals surface area contributed by atoms with Gasteiger partial charge in [0.1, 0.15) is 5.03 Å². The maximum absolute atomic E-state index is 12.9. The summed E-state index contributed by atoms with van der Waals surface area (Å²) in [7, 11) is 0. The van der Waals surface area contributed by atoms with Crippen LogP contribution in [0, 0.1) is 0 Å². The molecule has 0 N–H and O–H groups in total. The molecule has 5 rings (SSSR count). The quantitative estimate of drug-likeness (QED) is 0.529. The Morgan fingerprint density at radius 1 is 1.13 bits per heavy atom. The molecule has 8 heteroatoms. The lowest BCUT2D eigenvalue weighted by molar-refractivity contribution is -0.138. The molecular formula is C22H17ClN4O2S. The van der Waals surface area contributed by atoms with Crippen molar-refractivity contribution in [1.82, 2.24) is 9.97 Å². The van der Waals surface area contributed by atoms with Crippen LogP contribution in [0.4, 0.5) is 5.82 Å². The second-order valence-electron chi connectivity index (χ2n) is 6.88. The molecule has 150 valence electrons. The van der Waals surface area contributed by atoms with Crippen LogP contribution in [0.2, 0.25) is 5.02 Å². The van der Waals surface area contributed by atoms with E-state index in [9.17, 15) is 4.79 Å². The summed E-state index contributed by atoms with van der Waals surface area (Å²) in [6.07, 6.45) is 0. The van der Waals surface area contributed by atoms with Crippen molar-refractivity contribution in [3.63, 3.8) is 0 Å². The van der Waals surface area contributed by atoms with Crippen LogP contribution in [0.3, 0.4) is 0 Å². The minimum absolute atomic E-state index is 0.287. The van der Waals surface area contributed by atoms with E-state index in [2.05, 4.69) is 0 Å². The fraction of sp³-hybridized carbons (Fsp3) is 0.182. The zero-order chi connectivity index (χ0) is 20.8. The molecule has 2 aliphatic rings. The van der Waals surface area contributed by atoms with Crippen molar-refractivity contribution >= 4 is 51.4 Å². The summed E-state index contributed by atoms with van der Waals surface area (Å²) in [6.45, 7) is 3.91. The fourth-order valence-corrected chi connectivity index (χ4v) is 4.85. The zero-order valence-electron chi connectivity index (χ0n) is 16.3. The predicted molar refractivity (Wildman–Crippen MR) is 119 cm³/mol. The van der Waals surface area contributed by atoms with E-state index in [-0.39, 0.29) is 12.6 Å². The number of aromatic nitrogens is 2. The van der Waals surface area contributed by atoms with Gasteiger partial charge < -0.3 is 4.74 Å². The number of nitrogens with zero attached hydrogens (tertiary/aromatic N) is 4. The number of thioether (sulfide) groups is 1. The summed E-state index contributed by atoms with van der Waals surface area (Å²) in [5, 5.41) is 2.14. The number of benzene rings is 2. The molecule has 0 radical (unpaired) electrons. The van der Waals surface area contributed by atoms with Gasteiger partial charge in [-0.1, -0.05) is 35.9 Å². The third kappa shape index (κ3) is 3.05. The van der Waals surface area contributed by atoms with Crippen LogP contribution in [0.5, 0.6) is 0 Å². The number of esters is 1. The van der Waals surface area contributed by atoms with Gasteiger partial charge in [-0.05, 0) is 55.4 Å². The normalized spacial score (nSPS) is 17.6. The van der Waals surface area contributed by atoms with Crippen LogP contribution in [0.25, 0.3) is 11.0 Å². The Bertz CT molecular complexity index is 1240. The van der Waals surface area contributed by atoms with Crippen LogP contribution >= 0.6 is 23.4 Å². The summed E-state index contributed by atoms with van der Waals surface area (Å²) in [4.78, 5) is 29.2. The number of carbonyl (C=O) groups excluding carboxylic acids is 1. The third-order valence-electron chi connectivity index (χ3n) is 5.01. The minimum atomic E-state index is -0.432. The number of halogens is 1. The molecule has 0 saturated heterocycles. The molecular weight excluding hydrogens is 420 g/mol. The molecule has 0 fully saturated rings. The Hall–Kier alpha value is -2.90. The number of hydrogen-bond acceptors (Lipinski definition) is 7. The molecule has 0 amide bonds. The lowest BCUT2D eigenvalue weighted by Crippen LogP contribution is -2.37. The van der Waals surface area contributed by atoms with Crippen molar-refractivity contribution in [3.05, 3.63) is 70.4 Å². The Kier molecular flexibility index (Phi) is 4.72. The number of allylic oxidation sites excluding steroid dienone is 1. The second-order valence-corrected chi connectivity index (χ2v) is 8.27. The van der Waals surface area contributed by atoms with Gasteiger partial charge in [0.15, 0.2) is 11.0 Å². The van der Waals surface area contributed by atoms with E-state index < -0.39 is 6.04 Å². The van der Waals surface area contributed by atoms with Crippen LogP contribution in [-0.4, -0.2) is 27.7 Å². The number of fused-ring (bicyclic) bond motifs is 4. The van der Waals surface area contributed by atoms with E-state index >= 15 is 0 Å². The van der Waals surface area contributed by atoms with Crippen molar-refractivity contribution < 1.29 is 9.53 Å². The topological polar surface area (TPSA) is 67.7 Å². The molecule has 3 heterocycles. The SMILES string of the molecule is CCOC(=O)C1=C(C)N=C2Sc3nc4ccccc4nc3N2C1c1ccc(Cl)cc1. The average molecular weight is 437 g/mol. The predicted octanol–water partition coefficient (Wildman–Crippen LogP) is 5.14. The summed E-state index contributed by atoms with van der Waals surface area (Å²) >= 11 is 7.58. The fourth-order valence-electron chi connectivity index (χ4n) is 3.70. The first-order chi connectivity index (χ1) is 14.6. The number of rotatable bonds is 3. The van der Waals surface area contributed by atoms with E-state index in [0.29, 0.717) is 22.1 Å². The molecule has 0 spiro atoms. The van der Waals surface area contributed by atoms with Gasteiger partial charge in [0.2, 0.25) is 0 Å². The standard InChI is InChI=1S/C22H17ClN4O2S/c1-3-29-21(28)17-12(2)24-22-27(18(17)13-8-10-14(23)11-9-13)19-20(30-22)26-16-7-5-4-6-15(16)25-19/h4-11,18H,3H2,1-2H3. The first kappa shape index (κ1) is 19.1. The number of hydrogen-bond donors (Lipinski definition) is 0. The van der Waals surface area contributed by atoms with Crippen molar-refractivity contribution in [2.75, 3.05) is 11.5 Å². The number of aliphatic imine (C=N–C) groups is 1. The largest absolute Gasteiger partial charge is 0.463 e. The highest BCUT2D eigenvalue weighted by Crippen LogP contribution is 2.48. The van der Waals surface area contributed by atoms with E-state index in [1.165, 1.54) is 11.8 Å². The molecule has 0 bridgehead atoms. The van der Waals surface area contributed by atoms with Crippen molar-refractivity contribution in [3.8, 4) is 0 Å². The van der Waals surface area contributed by atoms with E-state index in [4.69, 9.17) is 31.3 Å². The highest BCUT2D eigenvalue weighted by atomic mass is 35.5. The lowest BCUT2D eigenvalue weighted by Gasteiger charge is -2.34. The smallest absolute Gasteiger partial charge is 0.338 e. The molecule has 30 heavy (non-hydrogen) atoms. The van der Waals surface area contributed by atoms with E-state index in [1.54, 1.807) is 6.92 Å². The molecule has 0 aliphatic carbocycles. The minimum Gasteiger partial charge on any atom is -0.463 e. The van der Waals surface area contributed by atoms with Crippen LogP contribution in [0.1, 0.15) is 25.5 Å². The highest BCUT2D eigenvalue weighted by Gasteiger charge is 2.43. The summed E-state index contributed by atoms with van der Waals surface area (Å²) < 4.78 is 5.37. The Morgan fingerprint density at radius 3 is 2.53 bits per heavy atom. The first-order valence-corrected chi connectivity index (χ1v) is 10.7. The number of carbonyl (C=O) groups is 1. The Labute approximate surface area is 182 Å². The molecule has 1 atom stereocenters. The highest BCUT2D eigenvalue weighted by molar-refractivity contribution is 8.14. The maximum Gasteiger partial charge on any atom is 0.338 e.